The maximum absolute atomic E-state index is 12.3. The minimum atomic E-state index is -0.289. The average Bonchev–Trinajstić information content (AvgIpc) is 3.35. The van der Waals surface area contributed by atoms with Crippen LogP contribution in [0.25, 0.3) is 11.5 Å². The molecular formula is C19H19N3O5. The zero-order valence-corrected chi connectivity index (χ0v) is 15.2. The first-order valence-corrected chi connectivity index (χ1v) is 8.38. The molecule has 0 spiro atoms. The molecule has 3 aromatic rings. The number of nitrogens with one attached hydrogen (secondary N) is 2. The first-order valence-electron chi connectivity index (χ1n) is 8.38. The Morgan fingerprint density at radius 2 is 1.93 bits per heavy atom. The Kier molecular flexibility index (Phi) is 4.23. The number of fused-ring (bicyclic) bond motifs is 1. The Hall–Kier alpha value is -3.42. The second kappa shape index (κ2) is 6.71. The summed E-state index contributed by atoms with van der Waals surface area (Å²) in [6, 6.07) is 7.32. The first kappa shape index (κ1) is 17.0. The third kappa shape index (κ3) is 2.69. The number of carbonyl (C=O) groups is 1. The highest BCUT2D eigenvalue weighted by Gasteiger charge is 2.35. The van der Waals surface area contributed by atoms with Crippen LogP contribution in [0.4, 0.5) is 5.82 Å². The Labute approximate surface area is 155 Å². The van der Waals surface area contributed by atoms with E-state index in [4.69, 9.17) is 18.6 Å². The predicted molar refractivity (Wildman–Crippen MR) is 97.5 cm³/mol. The fourth-order valence-electron chi connectivity index (χ4n) is 3.53. The number of hydrogen-bond donors (Lipinski definition) is 2. The van der Waals surface area contributed by atoms with Crippen LogP contribution in [-0.4, -0.2) is 37.4 Å². The van der Waals surface area contributed by atoms with E-state index in [9.17, 15) is 4.79 Å². The maximum Gasteiger partial charge on any atom is 0.226 e. The number of ether oxygens (including phenoxy) is 3. The molecule has 0 fully saturated rings. The second-order valence-corrected chi connectivity index (χ2v) is 6.07. The molecular weight excluding hydrogens is 350 g/mol. The summed E-state index contributed by atoms with van der Waals surface area (Å²) in [5, 5.41) is 10.0. The van der Waals surface area contributed by atoms with Crippen LogP contribution in [0.5, 0.6) is 17.2 Å². The summed E-state index contributed by atoms with van der Waals surface area (Å²) < 4.78 is 22.0. The molecule has 1 amide bonds. The molecule has 1 aliphatic heterocycles. The van der Waals surface area contributed by atoms with E-state index in [0.717, 1.165) is 16.8 Å². The topological polar surface area (TPSA) is 98.6 Å². The number of H-pyrrole nitrogens is 1. The molecule has 0 saturated heterocycles. The molecule has 0 saturated carbocycles. The van der Waals surface area contributed by atoms with Gasteiger partial charge in [0.1, 0.15) is 5.69 Å². The molecule has 27 heavy (non-hydrogen) atoms. The van der Waals surface area contributed by atoms with Crippen LogP contribution in [0.3, 0.4) is 0 Å². The van der Waals surface area contributed by atoms with Crippen LogP contribution in [-0.2, 0) is 4.79 Å². The molecule has 2 N–H and O–H groups in total. The van der Waals surface area contributed by atoms with E-state index in [1.54, 1.807) is 39.7 Å². The van der Waals surface area contributed by atoms with Gasteiger partial charge in [-0.15, -0.1) is 0 Å². The van der Waals surface area contributed by atoms with Gasteiger partial charge < -0.3 is 23.9 Å². The molecule has 3 heterocycles. The van der Waals surface area contributed by atoms with E-state index < -0.39 is 0 Å². The van der Waals surface area contributed by atoms with Crippen molar-refractivity contribution in [3.05, 3.63) is 41.7 Å². The number of amides is 1. The molecule has 1 unspecified atom stereocenters. The molecule has 8 nitrogen and oxygen atoms in total. The van der Waals surface area contributed by atoms with Crippen LogP contribution < -0.4 is 19.5 Å². The zero-order valence-electron chi connectivity index (χ0n) is 15.2. The van der Waals surface area contributed by atoms with Gasteiger partial charge in [0, 0.05) is 23.5 Å². The molecule has 140 valence electrons. The fourth-order valence-corrected chi connectivity index (χ4v) is 3.53. The van der Waals surface area contributed by atoms with E-state index in [1.807, 2.05) is 12.1 Å². The van der Waals surface area contributed by atoms with Gasteiger partial charge in [0.2, 0.25) is 11.7 Å². The average molecular weight is 369 g/mol. The van der Waals surface area contributed by atoms with Gasteiger partial charge in [0.15, 0.2) is 23.1 Å². The van der Waals surface area contributed by atoms with Crippen LogP contribution >= 0.6 is 0 Å². The lowest BCUT2D eigenvalue weighted by molar-refractivity contribution is -0.116. The Balaban J connectivity index is 1.92. The third-order valence-electron chi connectivity index (χ3n) is 4.68. The second-order valence-electron chi connectivity index (χ2n) is 6.07. The highest BCUT2D eigenvalue weighted by Crippen LogP contribution is 2.49. The quantitative estimate of drug-likeness (QED) is 0.717. The van der Waals surface area contributed by atoms with Crippen LogP contribution in [0.1, 0.15) is 23.5 Å². The van der Waals surface area contributed by atoms with Gasteiger partial charge in [-0.2, -0.15) is 5.10 Å². The monoisotopic (exact) mass is 369 g/mol. The standard InChI is InChI=1S/C19H19N3O5/c1-24-13-7-6-10(17(25-2)18(13)26-3)11-9-14(23)20-19-15(11)16(21-22-19)12-5-4-8-27-12/h4-8,11H,9H2,1-3H3,(H2,20,21,22,23). The normalized spacial score (nSPS) is 15.8. The van der Waals surface area contributed by atoms with Crippen molar-refractivity contribution in [2.45, 2.75) is 12.3 Å². The van der Waals surface area contributed by atoms with Gasteiger partial charge in [-0.25, -0.2) is 0 Å². The lowest BCUT2D eigenvalue weighted by Gasteiger charge is -2.26. The van der Waals surface area contributed by atoms with Crippen LogP contribution in [0, 0.1) is 0 Å². The Bertz CT molecular complexity index is 978. The molecule has 0 aliphatic carbocycles. The van der Waals surface area contributed by atoms with E-state index in [1.165, 1.54) is 0 Å². The Morgan fingerprint density at radius 1 is 1.11 bits per heavy atom. The minimum Gasteiger partial charge on any atom is -0.493 e. The highest BCUT2D eigenvalue weighted by molar-refractivity contribution is 5.96. The van der Waals surface area contributed by atoms with Crippen molar-refractivity contribution in [1.82, 2.24) is 10.2 Å². The highest BCUT2D eigenvalue weighted by atomic mass is 16.5. The van der Waals surface area contributed by atoms with Crippen molar-refractivity contribution >= 4 is 11.7 Å². The van der Waals surface area contributed by atoms with Gasteiger partial charge in [-0.3, -0.25) is 9.89 Å². The van der Waals surface area contributed by atoms with Crippen molar-refractivity contribution in [1.29, 1.82) is 0 Å². The number of furan rings is 1. The number of methoxy groups -OCH3 is 3. The van der Waals surface area contributed by atoms with Crippen LogP contribution in [0.2, 0.25) is 0 Å². The largest absolute Gasteiger partial charge is 0.493 e. The molecule has 1 aliphatic rings. The Morgan fingerprint density at radius 3 is 2.59 bits per heavy atom. The van der Waals surface area contributed by atoms with Crippen molar-refractivity contribution in [2.75, 3.05) is 26.6 Å². The van der Waals surface area contributed by atoms with Crippen molar-refractivity contribution in [2.24, 2.45) is 0 Å². The summed E-state index contributed by atoms with van der Waals surface area (Å²) in [6.07, 6.45) is 1.84. The lowest BCUT2D eigenvalue weighted by Crippen LogP contribution is -2.23. The zero-order chi connectivity index (χ0) is 19.0. The summed E-state index contributed by atoms with van der Waals surface area (Å²) in [5.41, 5.74) is 2.37. The van der Waals surface area contributed by atoms with Crippen molar-refractivity contribution < 1.29 is 23.4 Å². The number of carbonyl (C=O) groups excluding carboxylic acids is 1. The number of hydrogen-bond acceptors (Lipinski definition) is 6. The minimum absolute atomic E-state index is 0.123. The SMILES string of the molecule is COc1ccc(C2CC(=O)Nc3n[nH]c(-c4ccco4)c32)c(OC)c1OC. The van der Waals surface area contributed by atoms with Gasteiger partial charge in [-0.1, -0.05) is 6.07 Å². The molecule has 0 radical (unpaired) electrons. The van der Waals surface area contributed by atoms with Gasteiger partial charge in [0.05, 0.1) is 27.6 Å². The van der Waals surface area contributed by atoms with Crippen molar-refractivity contribution in [3.8, 4) is 28.7 Å². The summed E-state index contributed by atoms with van der Waals surface area (Å²) in [7, 11) is 4.68. The number of aromatic nitrogens is 2. The first-order chi connectivity index (χ1) is 13.2. The number of rotatable bonds is 5. The lowest BCUT2D eigenvalue weighted by atomic mass is 9.84. The summed E-state index contributed by atoms with van der Waals surface area (Å²) in [4.78, 5) is 12.3. The molecule has 1 aromatic carbocycles. The number of aromatic amines is 1. The molecule has 1 atom stereocenters. The molecule has 4 rings (SSSR count). The number of nitrogens with zero attached hydrogens (tertiary/aromatic N) is 1. The molecule has 8 heteroatoms. The van der Waals surface area contributed by atoms with E-state index >= 15 is 0 Å². The van der Waals surface area contributed by atoms with Gasteiger partial charge >= 0.3 is 0 Å². The molecule has 2 aromatic heterocycles. The smallest absolute Gasteiger partial charge is 0.226 e. The summed E-state index contributed by atoms with van der Waals surface area (Å²) in [6.45, 7) is 0. The van der Waals surface area contributed by atoms with Crippen molar-refractivity contribution in [3.63, 3.8) is 0 Å². The van der Waals surface area contributed by atoms with Crippen LogP contribution in [0.15, 0.2) is 34.9 Å². The fraction of sp³-hybridized carbons (Fsp3) is 0.263. The summed E-state index contributed by atoms with van der Waals surface area (Å²) in [5.74, 6) is 2.27. The van der Waals surface area contributed by atoms with Gasteiger partial charge in [-0.05, 0) is 18.2 Å². The maximum atomic E-state index is 12.3. The third-order valence-corrected chi connectivity index (χ3v) is 4.68. The number of benzene rings is 1. The molecule has 0 bridgehead atoms. The number of anilines is 1. The predicted octanol–water partition coefficient (Wildman–Crippen LogP) is 3.17. The van der Waals surface area contributed by atoms with E-state index in [-0.39, 0.29) is 18.2 Å². The van der Waals surface area contributed by atoms with E-state index in [0.29, 0.717) is 28.8 Å². The van der Waals surface area contributed by atoms with E-state index in [2.05, 4.69) is 15.5 Å². The summed E-state index contributed by atoms with van der Waals surface area (Å²) >= 11 is 0. The van der Waals surface area contributed by atoms with Gasteiger partial charge in [0.25, 0.3) is 0 Å².